The summed E-state index contributed by atoms with van der Waals surface area (Å²) in [6, 6.07) is 6.47. The predicted octanol–water partition coefficient (Wildman–Crippen LogP) is 3.92. The number of nitrogens with one attached hydrogen (secondary N) is 2. The number of hydrogen-bond acceptors (Lipinski definition) is 3. The number of rotatable bonds is 5. The zero-order chi connectivity index (χ0) is 17.3. The lowest BCUT2D eigenvalue weighted by atomic mass is 10.2. The highest BCUT2D eigenvalue weighted by Gasteiger charge is 2.16. The Morgan fingerprint density at radius 2 is 2.17 bits per heavy atom. The summed E-state index contributed by atoms with van der Waals surface area (Å²) in [7, 11) is 0. The normalized spacial score (nSPS) is 12.7. The van der Waals surface area contributed by atoms with Gasteiger partial charge in [0.2, 0.25) is 0 Å². The van der Waals surface area contributed by atoms with Gasteiger partial charge in [0.1, 0.15) is 5.82 Å². The van der Waals surface area contributed by atoms with Crippen molar-refractivity contribution in [2.75, 3.05) is 5.32 Å². The Bertz CT molecular complexity index is 870. The molecule has 2 N–H and O–H groups in total. The molecule has 0 saturated heterocycles. The highest BCUT2D eigenvalue weighted by Crippen LogP contribution is 2.22. The van der Waals surface area contributed by atoms with E-state index in [1.54, 1.807) is 29.1 Å². The lowest BCUT2D eigenvalue weighted by Crippen LogP contribution is -2.17. The molecule has 0 saturated carbocycles. The van der Waals surface area contributed by atoms with E-state index in [-0.39, 0.29) is 11.9 Å². The zero-order valence-corrected chi connectivity index (χ0v) is 13.3. The first-order chi connectivity index (χ1) is 11.5. The number of carbonyl (C=O) groups is 1. The first-order valence-electron chi connectivity index (χ1n) is 7.62. The van der Waals surface area contributed by atoms with Crippen LogP contribution in [0.15, 0.2) is 30.5 Å². The number of imidazole rings is 1. The van der Waals surface area contributed by atoms with Crippen molar-refractivity contribution in [3.63, 3.8) is 0 Å². The Balaban J connectivity index is 1.85. The van der Waals surface area contributed by atoms with Crippen LogP contribution in [-0.2, 0) is 0 Å². The molecular weight excluding hydrogens is 316 g/mol. The smallest absolute Gasteiger partial charge is 0.295 e. The van der Waals surface area contributed by atoms with Crippen molar-refractivity contribution in [3.8, 4) is 0 Å². The van der Waals surface area contributed by atoms with Crippen molar-refractivity contribution in [3.05, 3.63) is 41.9 Å². The Labute approximate surface area is 136 Å². The summed E-state index contributed by atoms with van der Waals surface area (Å²) in [4.78, 5) is 18.7. The minimum Gasteiger partial charge on any atom is -0.337 e. The Hall–Kier alpha value is -2.77. The van der Waals surface area contributed by atoms with Crippen LogP contribution < -0.4 is 5.32 Å². The van der Waals surface area contributed by atoms with Crippen LogP contribution in [0.1, 0.15) is 48.9 Å². The standard InChI is InChI=1S/C16H17F2N5O/c1-3-9(2)23-13(6-7-19-23)22-16(24)10-4-5-11-12(8-10)21-15(20-11)14(17)18/h4-9,14H,3H2,1-2H3,(H,20,21)(H,22,24)/t9-/m1/s1. The van der Waals surface area contributed by atoms with Crippen LogP contribution in [0.4, 0.5) is 14.6 Å². The molecule has 6 nitrogen and oxygen atoms in total. The summed E-state index contributed by atoms with van der Waals surface area (Å²) in [5.41, 5.74) is 1.14. The number of amides is 1. The van der Waals surface area contributed by atoms with E-state index in [2.05, 4.69) is 20.4 Å². The Kier molecular flexibility index (Phi) is 4.28. The van der Waals surface area contributed by atoms with Crippen LogP contribution >= 0.6 is 0 Å². The van der Waals surface area contributed by atoms with Gasteiger partial charge in [-0.15, -0.1) is 0 Å². The fourth-order valence-electron chi connectivity index (χ4n) is 2.40. The number of halogens is 2. The van der Waals surface area contributed by atoms with Crippen LogP contribution in [0, 0.1) is 0 Å². The lowest BCUT2D eigenvalue weighted by Gasteiger charge is -2.14. The third-order valence-electron chi connectivity index (χ3n) is 3.89. The average molecular weight is 333 g/mol. The molecule has 126 valence electrons. The molecule has 0 fully saturated rings. The number of benzene rings is 1. The second-order valence-corrected chi connectivity index (χ2v) is 5.53. The minimum absolute atomic E-state index is 0.152. The minimum atomic E-state index is -2.68. The molecule has 1 amide bonds. The van der Waals surface area contributed by atoms with E-state index in [9.17, 15) is 13.6 Å². The van der Waals surface area contributed by atoms with Gasteiger partial charge in [0.15, 0.2) is 5.82 Å². The van der Waals surface area contributed by atoms with Crippen LogP contribution in [0.2, 0.25) is 0 Å². The summed E-state index contributed by atoms with van der Waals surface area (Å²) >= 11 is 0. The van der Waals surface area contributed by atoms with Crippen molar-refractivity contribution in [1.82, 2.24) is 19.7 Å². The fourth-order valence-corrected chi connectivity index (χ4v) is 2.40. The van der Waals surface area contributed by atoms with Gasteiger partial charge in [0.25, 0.3) is 12.3 Å². The highest BCUT2D eigenvalue weighted by atomic mass is 19.3. The number of aromatic amines is 1. The van der Waals surface area contributed by atoms with E-state index in [0.29, 0.717) is 22.4 Å². The zero-order valence-electron chi connectivity index (χ0n) is 13.3. The van der Waals surface area contributed by atoms with E-state index in [1.807, 2.05) is 13.8 Å². The van der Waals surface area contributed by atoms with Gasteiger partial charge in [0, 0.05) is 11.6 Å². The highest BCUT2D eigenvalue weighted by molar-refractivity contribution is 6.05. The summed E-state index contributed by atoms with van der Waals surface area (Å²) in [6.07, 6.45) is -0.185. The molecule has 24 heavy (non-hydrogen) atoms. The number of H-pyrrole nitrogens is 1. The molecule has 0 unspecified atom stereocenters. The topological polar surface area (TPSA) is 75.6 Å². The number of hydrogen-bond donors (Lipinski definition) is 2. The number of nitrogens with zero attached hydrogens (tertiary/aromatic N) is 3. The van der Waals surface area contributed by atoms with Gasteiger partial charge in [-0.1, -0.05) is 6.92 Å². The summed E-state index contributed by atoms with van der Waals surface area (Å²) in [5.74, 6) is -0.153. The first kappa shape index (κ1) is 16.1. The molecule has 3 aromatic rings. The Morgan fingerprint density at radius 1 is 1.38 bits per heavy atom. The fraction of sp³-hybridized carbons (Fsp3) is 0.312. The van der Waals surface area contributed by atoms with E-state index in [1.165, 1.54) is 6.07 Å². The third kappa shape index (κ3) is 2.99. The van der Waals surface area contributed by atoms with Gasteiger partial charge in [-0.25, -0.2) is 18.4 Å². The van der Waals surface area contributed by atoms with Crippen molar-refractivity contribution < 1.29 is 13.6 Å². The molecule has 0 bridgehead atoms. The molecule has 8 heteroatoms. The summed E-state index contributed by atoms with van der Waals surface area (Å²) < 4.78 is 27.1. The molecule has 2 aromatic heterocycles. The van der Waals surface area contributed by atoms with Crippen molar-refractivity contribution in [1.29, 1.82) is 0 Å². The van der Waals surface area contributed by atoms with Crippen molar-refractivity contribution >= 4 is 22.8 Å². The molecule has 0 aliphatic heterocycles. The van der Waals surface area contributed by atoms with Crippen LogP contribution in [0.3, 0.4) is 0 Å². The van der Waals surface area contributed by atoms with Crippen LogP contribution in [0.25, 0.3) is 11.0 Å². The molecule has 1 aromatic carbocycles. The second kappa shape index (κ2) is 6.38. The number of carbonyl (C=O) groups excluding carboxylic acids is 1. The van der Waals surface area contributed by atoms with Gasteiger partial charge in [-0.3, -0.25) is 4.79 Å². The molecule has 2 heterocycles. The van der Waals surface area contributed by atoms with Gasteiger partial charge < -0.3 is 10.3 Å². The third-order valence-corrected chi connectivity index (χ3v) is 3.89. The average Bonchev–Trinajstić information content (AvgIpc) is 3.19. The monoisotopic (exact) mass is 333 g/mol. The second-order valence-electron chi connectivity index (χ2n) is 5.53. The Morgan fingerprint density at radius 3 is 2.88 bits per heavy atom. The van der Waals surface area contributed by atoms with Gasteiger partial charge in [-0.05, 0) is 31.5 Å². The van der Waals surface area contributed by atoms with Crippen LogP contribution in [-0.4, -0.2) is 25.7 Å². The number of aromatic nitrogens is 4. The van der Waals surface area contributed by atoms with Crippen molar-refractivity contribution in [2.24, 2.45) is 0 Å². The summed E-state index contributed by atoms with van der Waals surface area (Å²) in [6.45, 7) is 4.04. The predicted molar refractivity (Wildman–Crippen MR) is 86.2 cm³/mol. The molecule has 1 atom stereocenters. The van der Waals surface area contributed by atoms with E-state index in [0.717, 1.165) is 6.42 Å². The molecule has 3 rings (SSSR count). The molecular formula is C16H17F2N5O. The molecule has 0 aliphatic carbocycles. The quantitative estimate of drug-likeness (QED) is 0.743. The number of fused-ring (bicyclic) bond motifs is 1. The van der Waals surface area contributed by atoms with E-state index < -0.39 is 12.2 Å². The molecule has 0 spiro atoms. The lowest BCUT2D eigenvalue weighted by molar-refractivity contribution is 0.102. The molecule has 0 aliphatic rings. The van der Waals surface area contributed by atoms with Gasteiger partial charge in [-0.2, -0.15) is 5.10 Å². The van der Waals surface area contributed by atoms with E-state index in [4.69, 9.17) is 0 Å². The maximum absolute atomic E-state index is 12.7. The van der Waals surface area contributed by atoms with Crippen LogP contribution in [0.5, 0.6) is 0 Å². The maximum Gasteiger partial charge on any atom is 0.295 e. The van der Waals surface area contributed by atoms with Crippen molar-refractivity contribution in [2.45, 2.75) is 32.7 Å². The largest absolute Gasteiger partial charge is 0.337 e. The number of anilines is 1. The molecule has 0 radical (unpaired) electrons. The number of alkyl halides is 2. The SMILES string of the molecule is CC[C@@H](C)n1nccc1NC(=O)c1ccc2nc(C(F)F)[nH]c2c1. The summed E-state index contributed by atoms with van der Waals surface area (Å²) in [5, 5.41) is 7.00. The van der Waals surface area contributed by atoms with E-state index >= 15 is 0 Å². The maximum atomic E-state index is 12.7. The van der Waals surface area contributed by atoms with Gasteiger partial charge in [0.05, 0.1) is 23.3 Å². The van der Waals surface area contributed by atoms with Gasteiger partial charge >= 0.3 is 0 Å². The first-order valence-corrected chi connectivity index (χ1v) is 7.62.